The van der Waals surface area contributed by atoms with Crippen molar-refractivity contribution >= 4 is 27.8 Å². The van der Waals surface area contributed by atoms with Gasteiger partial charge in [-0.15, -0.1) is 0 Å². The van der Waals surface area contributed by atoms with Crippen LogP contribution in [0.5, 0.6) is 11.5 Å². The van der Waals surface area contributed by atoms with E-state index in [0.29, 0.717) is 0 Å². The molecule has 1 aliphatic carbocycles. The van der Waals surface area contributed by atoms with Crippen molar-refractivity contribution in [1.29, 1.82) is 0 Å². The molecule has 3 aromatic rings. The Bertz CT molecular complexity index is 1060. The van der Waals surface area contributed by atoms with Crippen LogP contribution in [0.2, 0.25) is 0 Å². The number of hydrogen-bond donors (Lipinski definition) is 1. The Morgan fingerprint density at radius 1 is 1.16 bits per heavy atom. The van der Waals surface area contributed by atoms with E-state index in [-0.39, 0.29) is 6.79 Å². The fraction of sp³-hybridized carbons (Fsp3) is 0.250. The first-order chi connectivity index (χ1) is 12.1. The zero-order chi connectivity index (χ0) is 17.2. The van der Waals surface area contributed by atoms with Crippen molar-refractivity contribution in [2.24, 2.45) is 0 Å². The molecule has 0 saturated heterocycles. The van der Waals surface area contributed by atoms with Gasteiger partial charge in [0.1, 0.15) is 11.7 Å². The van der Waals surface area contributed by atoms with Crippen LogP contribution in [0.15, 0.2) is 36.5 Å². The third kappa shape index (κ3) is 1.88. The topological polar surface area (TPSA) is 60.8 Å². The molecule has 5 rings (SSSR count). The minimum atomic E-state index is -0.762. The lowest BCUT2D eigenvalue weighted by Gasteiger charge is -2.34. The van der Waals surface area contributed by atoms with Crippen LogP contribution in [0.1, 0.15) is 24.2 Å². The predicted octanol–water partition coefficient (Wildman–Crippen LogP) is 3.58. The van der Waals surface area contributed by atoms with Gasteiger partial charge >= 0.3 is 0 Å². The number of methoxy groups -OCH3 is 1. The summed E-state index contributed by atoms with van der Waals surface area (Å²) < 4.78 is 16.6. The van der Waals surface area contributed by atoms with Crippen molar-refractivity contribution in [1.82, 2.24) is 4.98 Å². The summed E-state index contributed by atoms with van der Waals surface area (Å²) >= 11 is 0. The van der Waals surface area contributed by atoms with Crippen molar-refractivity contribution in [3.8, 4) is 11.5 Å². The summed E-state index contributed by atoms with van der Waals surface area (Å²) in [6.45, 7) is 2.11. The van der Waals surface area contributed by atoms with E-state index in [2.05, 4.69) is 4.98 Å². The van der Waals surface area contributed by atoms with Gasteiger partial charge in [0, 0.05) is 35.0 Å². The molecule has 1 aliphatic heterocycles. The van der Waals surface area contributed by atoms with Crippen LogP contribution in [-0.2, 0) is 4.74 Å². The van der Waals surface area contributed by atoms with Crippen molar-refractivity contribution in [2.45, 2.75) is 18.6 Å². The highest BCUT2D eigenvalue weighted by Gasteiger charge is 2.36. The maximum atomic E-state index is 10.7. The van der Waals surface area contributed by atoms with E-state index in [4.69, 9.17) is 14.2 Å². The van der Waals surface area contributed by atoms with E-state index in [0.717, 1.165) is 44.3 Å². The van der Waals surface area contributed by atoms with E-state index in [1.165, 1.54) is 0 Å². The van der Waals surface area contributed by atoms with Crippen molar-refractivity contribution < 1.29 is 19.3 Å². The highest BCUT2D eigenvalue weighted by molar-refractivity contribution is 6.10. The van der Waals surface area contributed by atoms with E-state index in [1.807, 2.05) is 43.3 Å². The molecule has 25 heavy (non-hydrogen) atoms. The molecule has 2 atom stereocenters. The number of pyridine rings is 1. The highest BCUT2D eigenvalue weighted by atomic mass is 16.7. The molecule has 5 nitrogen and oxygen atoms in total. The largest absolute Gasteiger partial charge is 0.454 e. The molecule has 2 heterocycles. The Kier molecular flexibility index (Phi) is 2.90. The van der Waals surface area contributed by atoms with Gasteiger partial charge < -0.3 is 19.3 Å². The maximum Gasteiger partial charge on any atom is 0.231 e. The standard InChI is InChI=1S/C20H17NO4/c1-20(23-2)8-7-11-12-3-4-14-13(5-6-16-18(14)25-10-24-16)17(12)21-9-15(11)19(20)22/h3-9,19,22H,10H2,1-2H3. The SMILES string of the molecule is COC1(C)C=Cc2c(cnc3c2ccc2c4c(ccc23)OCO4)C1O. The van der Waals surface area contributed by atoms with Crippen molar-refractivity contribution in [2.75, 3.05) is 13.9 Å². The van der Waals surface area contributed by atoms with Crippen LogP contribution in [0.25, 0.3) is 27.8 Å². The van der Waals surface area contributed by atoms with Crippen molar-refractivity contribution in [3.05, 3.63) is 47.7 Å². The lowest BCUT2D eigenvalue weighted by molar-refractivity contribution is -0.0593. The number of rotatable bonds is 1. The molecule has 0 radical (unpaired) electrons. The Morgan fingerprint density at radius 2 is 1.96 bits per heavy atom. The lowest BCUT2D eigenvalue weighted by Crippen LogP contribution is -2.35. The third-order valence-corrected chi connectivity index (χ3v) is 5.30. The number of benzene rings is 2. The van der Waals surface area contributed by atoms with Crippen LogP contribution in [0, 0.1) is 0 Å². The second-order valence-corrected chi connectivity index (χ2v) is 6.61. The van der Waals surface area contributed by atoms with Gasteiger partial charge in [-0.25, -0.2) is 0 Å². The van der Waals surface area contributed by atoms with E-state index in [9.17, 15) is 5.11 Å². The van der Waals surface area contributed by atoms with Crippen LogP contribution in [0.3, 0.4) is 0 Å². The first-order valence-electron chi connectivity index (χ1n) is 8.19. The first-order valence-corrected chi connectivity index (χ1v) is 8.19. The van der Waals surface area contributed by atoms with Gasteiger partial charge in [-0.05, 0) is 36.8 Å². The number of aromatic nitrogens is 1. The maximum absolute atomic E-state index is 10.7. The molecule has 2 aliphatic rings. The van der Waals surface area contributed by atoms with Gasteiger partial charge in [0.25, 0.3) is 0 Å². The van der Waals surface area contributed by atoms with Gasteiger partial charge in [-0.1, -0.05) is 12.1 Å². The smallest absolute Gasteiger partial charge is 0.231 e. The average Bonchev–Trinajstić information content (AvgIpc) is 3.13. The Balaban J connectivity index is 1.81. The van der Waals surface area contributed by atoms with Gasteiger partial charge in [-0.2, -0.15) is 0 Å². The number of aliphatic hydroxyl groups excluding tert-OH is 1. The summed E-state index contributed by atoms with van der Waals surface area (Å²) in [4.78, 5) is 4.65. The molecule has 0 fully saturated rings. The quantitative estimate of drug-likeness (QED) is 0.689. The summed E-state index contributed by atoms with van der Waals surface area (Å²) in [5.41, 5.74) is 1.89. The summed E-state index contributed by atoms with van der Waals surface area (Å²) in [6, 6.07) is 7.97. The fourth-order valence-electron chi connectivity index (χ4n) is 3.70. The molecular formula is C20H17NO4. The summed E-state index contributed by atoms with van der Waals surface area (Å²) in [5.74, 6) is 1.53. The van der Waals surface area contributed by atoms with E-state index < -0.39 is 11.7 Å². The molecule has 0 amide bonds. The van der Waals surface area contributed by atoms with Crippen molar-refractivity contribution in [3.63, 3.8) is 0 Å². The second-order valence-electron chi connectivity index (χ2n) is 6.61. The molecule has 5 heteroatoms. The number of aliphatic hydroxyl groups is 1. The second kappa shape index (κ2) is 4.94. The van der Waals surface area contributed by atoms with Gasteiger partial charge in [0.05, 0.1) is 5.52 Å². The Hall–Kier alpha value is -2.63. The molecule has 1 aromatic heterocycles. The molecule has 0 spiro atoms. The van der Waals surface area contributed by atoms with Crippen LogP contribution in [0.4, 0.5) is 0 Å². The van der Waals surface area contributed by atoms with Crippen LogP contribution in [-0.4, -0.2) is 29.6 Å². The number of nitrogens with zero attached hydrogens (tertiary/aromatic N) is 1. The molecule has 2 aromatic carbocycles. The van der Waals surface area contributed by atoms with Gasteiger partial charge in [0.15, 0.2) is 11.5 Å². The summed E-state index contributed by atoms with van der Waals surface area (Å²) in [6.07, 6.45) is 4.90. The summed E-state index contributed by atoms with van der Waals surface area (Å²) in [7, 11) is 1.60. The highest BCUT2D eigenvalue weighted by Crippen LogP contribution is 2.44. The lowest BCUT2D eigenvalue weighted by atomic mass is 9.83. The molecule has 0 saturated carbocycles. The normalized spacial score (nSPS) is 24.0. The third-order valence-electron chi connectivity index (χ3n) is 5.30. The van der Waals surface area contributed by atoms with Crippen LogP contribution < -0.4 is 9.47 Å². The van der Waals surface area contributed by atoms with Gasteiger partial charge in [-0.3, -0.25) is 4.98 Å². The van der Waals surface area contributed by atoms with E-state index in [1.54, 1.807) is 13.3 Å². The fourth-order valence-corrected chi connectivity index (χ4v) is 3.70. The van der Waals surface area contributed by atoms with Gasteiger partial charge in [0.2, 0.25) is 6.79 Å². The van der Waals surface area contributed by atoms with Crippen LogP contribution >= 0.6 is 0 Å². The molecular weight excluding hydrogens is 318 g/mol. The van der Waals surface area contributed by atoms with E-state index >= 15 is 0 Å². The molecule has 1 N–H and O–H groups in total. The zero-order valence-electron chi connectivity index (χ0n) is 13.9. The Labute approximate surface area is 144 Å². The minimum absolute atomic E-state index is 0.245. The molecule has 126 valence electrons. The minimum Gasteiger partial charge on any atom is -0.454 e. The number of hydrogen-bond acceptors (Lipinski definition) is 5. The average molecular weight is 335 g/mol. The zero-order valence-corrected chi connectivity index (χ0v) is 13.9. The number of fused-ring (bicyclic) bond motifs is 7. The predicted molar refractivity (Wildman–Crippen MR) is 94.8 cm³/mol. The number of ether oxygens (including phenoxy) is 3. The Morgan fingerprint density at radius 3 is 2.80 bits per heavy atom. The summed E-state index contributed by atoms with van der Waals surface area (Å²) in [5, 5.41) is 13.7. The molecule has 2 unspecified atom stereocenters. The monoisotopic (exact) mass is 335 g/mol. The first kappa shape index (κ1) is 14.7. The molecule has 0 bridgehead atoms.